The van der Waals surface area contributed by atoms with Gasteiger partial charge in [0.1, 0.15) is 0 Å². The van der Waals surface area contributed by atoms with Gasteiger partial charge in [-0.3, -0.25) is 9.69 Å². The minimum atomic E-state index is -0.00716. The molecule has 0 spiro atoms. The lowest BCUT2D eigenvalue weighted by atomic mass is 9.76. The number of ketones is 1. The van der Waals surface area contributed by atoms with Crippen molar-refractivity contribution >= 4 is 5.78 Å². The summed E-state index contributed by atoms with van der Waals surface area (Å²) in [4.78, 5) is 15.8. The molecule has 2 nitrogen and oxygen atoms in total. The number of rotatable bonds is 5. The Morgan fingerprint density at radius 3 is 2.07 bits per heavy atom. The Balaban J connectivity index is 1.59. The van der Waals surface area contributed by atoms with Crippen LogP contribution >= 0.6 is 0 Å². The Morgan fingerprint density at radius 2 is 1.41 bits per heavy atom. The molecule has 0 aromatic heterocycles. The van der Waals surface area contributed by atoms with Gasteiger partial charge >= 0.3 is 0 Å². The van der Waals surface area contributed by atoms with Crippen molar-refractivity contribution in [3.63, 3.8) is 0 Å². The first kappa shape index (κ1) is 17.7. The number of likely N-dealkylation sites (tertiary alicyclic amines) is 1. The van der Waals surface area contributed by atoms with Crippen LogP contribution in [-0.4, -0.2) is 23.8 Å². The van der Waals surface area contributed by atoms with Gasteiger partial charge in [0.15, 0.2) is 5.78 Å². The molecule has 0 unspecified atom stereocenters. The van der Waals surface area contributed by atoms with Crippen molar-refractivity contribution in [1.29, 1.82) is 0 Å². The Bertz CT molecular complexity index is 861. The van der Waals surface area contributed by atoms with Gasteiger partial charge in [0.25, 0.3) is 0 Å². The summed E-state index contributed by atoms with van der Waals surface area (Å²) < 4.78 is 0. The van der Waals surface area contributed by atoms with Gasteiger partial charge < -0.3 is 0 Å². The Labute approximate surface area is 161 Å². The van der Waals surface area contributed by atoms with Gasteiger partial charge in [-0.1, -0.05) is 91.0 Å². The lowest BCUT2D eigenvalue weighted by Gasteiger charge is -2.38. The summed E-state index contributed by atoms with van der Waals surface area (Å²) in [5, 5.41) is 0. The zero-order chi connectivity index (χ0) is 18.5. The van der Waals surface area contributed by atoms with Crippen LogP contribution in [0.4, 0.5) is 0 Å². The SMILES string of the molecule is O=C(c1ccccc1)[C@H]1CN(Cc2ccccc2)CC[C@@H]1c1ccccc1. The first-order chi connectivity index (χ1) is 13.3. The van der Waals surface area contributed by atoms with E-state index in [9.17, 15) is 4.79 Å². The van der Waals surface area contributed by atoms with E-state index >= 15 is 0 Å². The van der Waals surface area contributed by atoms with Crippen molar-refractivity contribution in [2.45, 2.75) is 18.9 Å². The summed E-state index contributed by atoms with van der Waals surface area (Å²) in [5.41, 5.74) is 3.41. The normalized spacial score (nSPS) is 20.3. The molecule has 1 aliphatic heterocycles. The average Bonchev–Trinajstić information content (AvgIpc) is 2.75. The number of carbonyl (C=O) groups is 1. The third kappa shape index (κ3) is 4.17. The molecule has 0 radical (unpaired) electrons. The van der Waals surface area contributed by atoms with Gasteiger partial charge in [-0.2, -0.15) is 0 Å². The maximum absolute atomic E-state index is 13.4. The minimum Gasteiger partial charge on any atom is -0.298 e. The minimum absolute atomic E-state index is 0.00716. The molecule has 4 rings (SSSR count). The maximum atomic E-state index is 13.4. The molecule has 1 saturated heterocycles. The van der Waals surface area contributed by atoms with Crippen LogP contribution in [0.3, 0.4) is 0 Å². The van der Waals surface area contributed by atoms with Crippen LogP contribution in [0.5, 0.6) is 0 Å². The molecule has 3 aromatic rings. The van der Waals surface area contributed by atoms with Gasteiger partial charge in [0.2, 0.25) is 0 Å². The summed E-state index contributed by atoms with van der Waals surface area (Å²) in [6.45, 7) is 2.73. The van der Waals surface area contributed by atoms with Crippen molar-refractivity contribution in [3.05, 3.63) is 108 Å². The lowest BCUT2D eigenvalue weighted by Crippen LogP contribution is -2.42. The molecule has 0 amide bonds. The molecule has 0 aliphatic carbocycles. The summed E-state index contributed by atoms with van der Waals surface area (Å²) in [6.07, 6.45) is 1.01. The van der Waals surface area contributed by atoms with E-state index in [0.717, 1.165) is 31.6 Å². The van der Waals surface area contributed by atoms with E-state index in [4.69, 9.17) is 0 Å². The smallest absolute Gasteiger partial charge is 0.167 e. The molecular weight excluding hydrogens is 330 g/mol. The second-order valence-corrected chi connectivity index (χ2v) is 7.36. The van der Waals surface area contributed by atoms with E-state index in [1.165, 1.54) is 11.1 Å². The molecule has 2 atom stereocenters. The van der Waals surface area contributed by atoms with E-state index in [1.807, 2.05) is 42.5 Å². The molecular formula is C25H25NO. The fourth-order valence-corrected chi connectivity index (χ4v) is 4.19. The summed E-state index contributed by atoms with van der Waals surface area (Å²) >= 11 is 0. The van der Waals surface area contributed by atoms with Gasteiger partial charge in [-0.15, -0.1) is 0 Å². The van der Waals surface area contributed by atoms with Crippen LogP contribution in [0.1, 0.15) is 33.8 Å². The van der Waals surface area contributed by atoms with E-state index in [1.54, 1.807) is 0 Å². The van der Waals surface area contributed by atoms with Crippen LogP contribution < -0.4 is 0 Å². The van der Waals surface area contributed by atoms with Gasteiger partial charge in [-0.05, 0) is 30.0 Å². The number of hydrogen-bond donors (Lipinski definition) is 0. The highest BCUT2D eigenvalue weighted by Crippen LogP contribution is 2.35. The summed E-state index contributed by atoms with van der Waals surface area (Å²) in [6, 6.07) is 30.8. The summed E-state index contributed by atoms with van der Waals surface area (Å²) in [7, 11) is 0. The zero-order valence-electron chi connectivity index (χ0n) is 15.5. The standard InChI is InChI=1S/C25H25NO/c27-25(22-14-8-3-9-15-22)24-19-26(18-20-10-4-1-5-11-20)17-16-23(24)21-12-6-2-7-13-21/h1-15,23-24H,16-19H2/t23-,24+/m1/s1. The highest BCUT2D eigenvalue weighted by Gasteiger charge is 2.35. The Hall–Kier alpha value is -2.71. The molecule has 3 aromatic carbocycles. The number of hydrogen-bond acceptors (Lipinski definition) is 2. The molecule has 0 saturated carbocycles. The molecule has 1 aliphatic rings. The van der Waals surface area contributed by atoms with Gasteiger partial charge in [-0.25, -0.2) is 0 Å². The second-order valence-electron chi connectivity index (χ2n) is 7.36. The summed E-state index contributed by atoms with van der Waals surface area (Å²) in [5.74, 6) is 0.542. The number of benzene rings is 3. The lowest BCUT2D eigenvalue weighted by molar-refractivity contribution is 0.0769. The maximum Gasteiger partial charge on any atom is 0.167 e. The second kappa shape index (κ2) is 8.32. The quantitative estimate of drug-likeness (QED) is 0.588. The zero-order valence-corrected chi connectivity index (χ0v) is 15.5. The highest BCUT2D eigenvalue weighted by atomic mass is 16.1. The van der Waals surface area contributed by atoms with Crippen molar-refractivity contribution in [2.75, 3.05) is 13.1 Å². The molecule has 27 heavy (non-hydrogen) atoms. The Morgan fingerprint density at radius 1 is 0.815 bits per heavy atom. The van der Waals surface area contributed by atoms with Crippen molar-refractivity contribution < 1.29 is 4.79 Å². The third-order valence-electron chi connectivity index (χ3n) is 5.57. The van der Waals surface area contributed by atoms with Crippen molar-refractivity contribution in [1.82, 2.24) is 4.90 Å². The van der Waals surface area contributed by atoms with E-state index in [-0.39, 0.29) is 17.6 Å². The first-order valence-corrected chi connectivity index (χ1v) is 9.72. The average molecular weight is 355 g/mol. The van der Waals surface area contributed by atoms with E-state index in [0.29, 0.717) is 0 Å². The number of piperidine rings is 1. The predicted octanol–water partition coefficient (Wildman–Crippen LogP) is 5.18. The number of Topliss-reactive ketones (excluding diaryl/α,β-unsaturated/α-hetero) is 1. The number of nitrogens with zero attached hydrogens (tertiary/aromatic N) is 1. The highest BCUT2D eigenvalue weighted by molar-refractivity contribution is 5.98. The van der Waals surface area contributed by atoms with Crippen LogP contribution in [0, 0.1) is 5.92 Å². The topological polar surface area (TPSA) is 20.3 Å². The van der Waals surface area contributed by atoms with Crippen LogP contribution in [0.2, 0.25) is 0 Å². The van der Waals surface area contributed by atoms with E-state index in [2.05, 4.69) is 53.4 Å². The van der Waals surface area contributed by atoms with Crippen LogP contribution in [0.25, 0.3) is 0 Å². The molecule has 2 heteroatoms. The number of carbonyl (C=O) groups excluding carboxylic acids is 1. The van der Waals surface area contributed by atoms with Crippen LogP contribution in [-0.2, 0) is 6.54 Å². The predicted molar refractivity (Wildman–Crippen MR) is 110 cm³/mol. The molecule has 1 fully saturated rings. The first-order valence-electron chi connectivity index (χ1n) is 9.72. The fourth-order valence-electron chi connectivity index (χ4n) is 4.19. The van der Waals surface area contributed by atoms with Gasteiger partial charge in [0, 0.05) is 24.6 Å². The van der Waals surface area contributed by atoms with Crippen molar-refractivity contribution in [2.24, 2.45) is 5.92 Å². The molecule has 0 bridgehead atoms. The Kier molecular flexibility index (Phi) is 5.45. The largest absolute Gasteiger partial charge is 0.298 e. The van der Waals surface area contributed by atoms with Crippen LogP contribution in [0.15, 0.2) is 91.0 Å². The molecule has 136 valence electrons. The molecule has 0 N–H and O–H groups in total. The fraction of sp³-hybridized carbons (Fsp3) is 0.240. The monoisotopic (exact) mass is 355 g/mol. The molecule has 1 heterocycles. The third-order valence-corrected chi connectivity index (χ3v) is 5.57. The van der Waals surface area contributed by atoms with Gasteiger partial charge in [0.05, 0.1) is 0 Å². The van der Waals surface area contributed by atoms with Crippen molar-refractivity contribution in [3.8, 4) is 0 Å². The van der Waals surface area contributed by atoms with E-state index < -0.39 is 0 Å².